The Morgan fingerprint density at radius 3 is 2.66 bits per heavy atom. The van der Waals surface area contributed by atoms with Gasteiger partial charge in [0.2, 0.25) is 0 Å². The molecule has 3 rings (SSSR count). The summed E-state index contributed by atoms with van der Waals surface area (Å²) in [6, 6.07) is 7.40. The van der Waals surface area contributed by atoms with Crippen LogP contribution < -0.4 is 4.74 Å². The van der Waals surface area contributed by atoms with Crippen LogP contribution in [0.2, 0.25) is 0 Å². The van der Waals surface area contributed by atoms with Crippen LogP contribution in [-0.2, 0) is 28.4 Å². The van der Waals surface area contributed by atoms with E-state index < -0.39 is 27.8 Å². The lowest BCUT2D eigenvalue weighted by Gasteiger charge is -2.18. The standard InChI is InChI=1S/C19H19F3N2O4S/c20-19(21,22)16-5-7-23-9-17(16)29(27)15-6-8-24(10-15)18(26)12-28-14-3-1-13(11-25)2-4-14/h1-5,7,9,15,25H,6,8,10-12H2. The highest BCUT2D eigenvalue weighted by molar-refractivity contribution is 7.85. The lowest BCUT2D eigenvalue weighted by Crippen LogP contribution is -2.34. The van der Waals surface area contributed by atoms with Gasteiger partial charge < -0.3 is 14.7 Å². The highest BCUT2D eigenvalue weighted by Gasteiger charge is 2.38. The molecule has 2 unspecified atom stereocenters. The number of nitrogens with zero attached hydrogens (tertiary/aromatic N) is 2. The minimum absolute atomic E-state index is 0.0877. The molecule has 1 aromatic carbocycles. The van der Waals surface area contributed by atoms with Crippen LogP contribution in [0.1, 0.15) is 17.5 Å². The number of carbonyl (C=O) groups excluding carboxylic acids is 1. The Hall–Kier alpha value is -2.46. The van der Waals surface area contributed by atoms with Crippen molar-refractivity contribution in [2.75, 3.05) is 19.7 Å². The van der Waals surface area contributed by atoms with Gasteiger partial charge in [-0.05, 0) is 30.2 Å². The van der Waals surface area contributed by atoms with Crippen LogP contribution in [0.4, 0.5) is 13.2 Å². The monoisotopic (exact) mass is 428 g/mol. The van der Waals surface area contributed by atoms with Crippen LogP contribution in [0, 0.1) is 0 Å². The summed E-state index contributed by atoms with van der Waals surface area (Å²) in [6.07, 6.45) is -2.31. The Bertz CT molecular complexity index is 890. The Balaban J connectivity index is 1.59. The number of aromatic nitrogens is 1. The van der Waals surface area contributed by atoms with Crippen LogP contribution in [0.5, 0.6) is 5.75 Å². The van der Waals surface area contributed by atoms with Crippen molar-refractivity contribution in [3.8, 4) is 5.75 Å². The molecular weight excluding hydrogens is 409 g/mol. The third-order valence-electron chi connectivity index (χ3n) is 4.58. The van der Waals surface area contributed by atoms with Gasteiger partial charge in [0, 0.05) is 25.5 Å². The SMILES string of the molecule is O=C(COc1ccc(CO)cc1)N1CCC(S(=O)c2cnccc2C(F)(F)F)C1. The minimum atomic E-state index is -4.62. The number of aliphatic hydroxyl groups is 1. The predicted molar refractivity (Wildman–Crippen MR) is 98.5 cm³/mol. The zero-order chi connectivity index (χ0) is 21.0. The van der Waals surface area contributed by atoms with Crippen LogP contribution in [-0.4, -0.2) is 50.1 Å². The molecule has 10 heteroatoms. The van der Waals surface area contributed by atoms with Crippen molar-refractivity contribution in [2.45, 2.75) is 29.3 Å². The maximum atomic E-state index is 13.2. The second-order valence-electron chi connectivity index (χ2n) is 6.51. The van der Waals surface area contributed by atoms with E-state index in [1.807, 2.05) is 0 Å². The van der Waals surface area contributed by atoms with E-state index in [4.69, 9.17) is 9.84 Å². The van der Waals surface area contributed by atoms with Gasteiger partial charge in [0.25, 0.3) is 5.91 Å². The van der Waals surface area contributed by atoms with E-state index in [1.54, 1.807) is 24.3 Å². The molecule has 1 fully saturated rings. The third-order valence-corrected chi connectivity index (χ3v) is 6.32. The maximum absolute atomic E-state index is 13.2. The van der Waals surface area contributed by atoms with Crippen LogP contribution in [0.25, 0.3) is 0 Å². The van der Waals surface area contributed by atoms with Crippen molar-refractivity contribution in [1.29, 1.82) is 0 Å². The molecular formula is C19H19F3N2O4S. The first kappa shape index (κ1) is 21.3. The number of aliphatic hydroxyl groups excluding tert-OH is 1. The summed E-state index contributed by atoms with van der Waals surface area (Å²) in [5.74, 6) is 0.123. The fraction of sp³-hybridized carbons (Fsp3) is 0.368. The van der Waals surface area contributed by atoms with E-state index in [-0.39, 0.29) is 30.6 Å². The summed E-state index contributed by atoms with van der Waals surface area (Å²) in [4.78, 5) is 17.1. The molecule has 1 aliphatic heterocycles. The van der Waals surface area contributed by atoms with Gasteiger partial charge in [-0.1, -0.05) is 12.1 Å². The van der Waals surface area contributed by atoms with E-state index in [2.05, 4.69) is 4.98 Å². The van der Waals surface area contributed by atoms with E-state index in [9.17, 15) is 22.2 Å². The van der Waals surface area contributed by atoms with Gasteiger partial charge in [-0.25, -0.2) is 0 Å². The van der Waals surface area contributed by atoms with E-state index in [1.165, 1.54) is 4.90 Å². The zero-order valence-electron chi connectivity index (χ0n) is 15.3. The number of likely N-dealkylation sites (tertiary alicyclic amines) is 1. The summed E-state index contributed by atoms with van der Waals surface area (Å²) in [5.41, 5.74) is -0.257. The highest BCUT2D eigenvalue weighted by atomic mass is 32.2. The van der Waals surface area contributed by atoms with Gasteiger partial charge >= 0.3 is 6.18 Å². The number of hydrogen-bond donors (Lipinski definition) is 1. The number of benzene rings is 1. The second kappa shape index (κ2) is 8.91. The predicted octanol–water partition coefficient (Wildman–Crippen LogP) is 2.38. The van der Waals surface area contributed by atoms with Gasteiger partial charge in [-0.3, -0.25) is 14.0 Å². The number of carbonyl (C=O) groups is 1. The molecule has 0 spiro atoms. The Kier molecular flexibility index (Phi) is 6.53. The van der Waals surface area contributed by atoms with Crippen molar-refractivity contribution in [3.63, 3.8) is 0 Å². The zero-order valence-corrected chi connectivity index (χ0v) is 16.1. The molecule has 1 amide bonds. The summed E-state index contributed by atoms with van der Waals surface area (Å²) in [7, 11) is -1.94. The number of amides is 1. The van der Waals surface area contributed by atoms with Crippen molar-refractivity contribution in [2.24, 2.45) is 0 Å². The number of ether oxygens (including phenoxy) is 1. The largest absolute Gasteiger partial charge is 0.484 e. The average molecular weight is 428 g/mol. The van der Waals surface area contributed by atoms with Gasteiger partial charge in [-0.15, -0.1) is 0 Å². The minimum Gasteiger partial charge on any atom is -0.484 e. The Morgan fingerprint density at radius 1 is 1.28 bits per heavy atom. The molecule has 1 saturated heterocycles. The highest BCUT2D eigenvalue weighted by Crippen LogP contribution is 2.34. The van der Waals surface area contributed by atoms with Crippen LogP contribution in [0.15, 0.2) is 47.6 Å². The van der Waals surface area contributed by atoms with E-state index >= 15 is 0 Å². The lowest BCUT2D eigenvalue weighted by atomic mass is 10.2. The normalized spacial score (nSPS) is 17.9. The first-order valence-electron chi connectivity index (χ1n) is 8.81. The average Bonchev–Trinajstić information content (AvgIpc) is 3.21. The van der Waals surface area contributed by atoms with Crippen molar-refractivity contribution < 1.29 is 32.0 Å². The molecule has 1 aromatic heterocycles. The molecule has 1 N–H and O–H groups in total. The van der Waals surface area contributed by atoms with Crippen molar-refractivity contribution in [3.05, 3.63) is 53.9 Å². The van der Waals surface area contributed by atoms with Crippen LogP contribution in [0.3, 0.4) is 0 Å². The van der Waals surface area contributed by atoms with E-state index in [0.717, 1.165) is 18.5 Å². The van der Waals surface area contributed by atoms with Gasteiger partial charge in [0.1, 0.15) is 5.75 Å². The molecule has 0 aliphatic carbocycles. The number of rotatable bonds is 6. The molecule has 2 atom stereocenters. The van der Waals surface area contributed by atoms with Crippen molar-refractivity contribution in [1.82, 2.24) is 9.88 Å². The second-order valence-corrected chi connectivity index (χ2v) is 8.21. The summed E-state index contributed by atoms with van der Waals surface area (Å²) in [6.45, 7) is 0.0468. The topological polar surface area (TPSA) is 79.7 Å². The molecule has 0 radical (unpaired) electrons. The fourth-order valence-electron chi connectivity index (χ4n) is 3.01. The van der Waals surface area contributed by atoms with E-state index in [0.29, 0.717) is 24.3 Å². The molecule has 0 bridgehead atoms. The first-order chi connectivity index (χ1) is 13.8. The Morgan fingerprint density at radius 2 is 2.00 bits per heavy atom. The van der Waals surface area contributed by atoms with Gasteiger partial charge in [-0.2, -0.15) is 13.2 Å². The Labute approximate surface area is 167 Å². The molecule has 0 saturated carbocycles. The van der Waals surface area contributed by atoms with Crippen molar-refractivity contribution >= 4 is 16.7 Å². The van der Waals surface area contributed by atoms with Crippen LogP contribution >= 0.6 is 0 Å². The van der Waals surface area contributed by atoms with Gasteiger partial charge in [0.05, 0.1) is 33.1 Å². The number of hydrogen-bond acceptors (Lipinski definition) is 5. The number of halogens is 3. The lowest BCUT2D eigenvalue weighted by molar-refractivity contribution is -0.140. The number of pyridine rings is 1. The quantitative estimate of drug-likeness (QED) is 0.764. The fourth-order valence-corrected chi connectivity index (χ4v) is 4.57. The number of alkyl halides is 3. The molecule has 1 aliphatic rings. The molecule has 6 nitrogen and oxygen atoms in total. The third kappa shape index (κ3) is 5.13. The first-order valence-corrected chi connectivity index (χ1v) is 10.0. The maximum Gasteiger partial charge on any atom is 0.417 e. The molecule has 156 valence electrons. The summed E-state index contributed by atoms with van der Waals surface area (Å²) >= 11 is 0. The van der Waals surface area contributed by atoms with Gasteiger partial charge in [0.15, 0.2) is 6.61 Å². The smallest absolute Gasteiger partial charge is 0.417 e. The molecule has 2 aromatic rings. The molecule has 29 heavy (non-hydrogen) atoms. The molecule has 2 heterocycles. The summed E-state index contributed by atoms with van der Waals surface area (Å²) in [5, 5.41) is 8.41. The summed E-state index contributed by atoms with van der Waals surface area (Å²) < 4.78 is 57.6.